The van der Waals surface area contributed by atoms with E-state index in [4.69, 9.17) is 16.3 Å². The Morgan fingerprint density at radius 1 is 1.06 bits per heavy atom. The van der Waals surface area contributed by atoms with Crippen LogP contribution >= 0.6 is 11.6 Å². The third-order valence-electron chi connectivity index (χ3n) is 9.32. The van der Waals surface area contributed by atoms with Gasteiger partial charge in [0.1, 0.15) is 11.1 Å². The molecule has 1 fully saturated rings. The van der Waals surface area contributed by atoms with Crippen LogP contribution in [0.15, 0.2) is 61.1 Å². The Hall–Kier alpha value is -4.39. The minimum atomic E-state index is -3.23. The van der Waals surface area contributed by atoms with Crippen molar-refractivity contribution < 1.29 is 27.3 Å². The smallest absolute Gasteiger partial charge is 0.335 e. The van der Waals surface area contributed by atoms with Gasteiger partial charge in [0.2, 0.25) is 22.3 Å². The predicted molar refractivity (Wildman–Crippen MR) is 186 cm³/mol. The number of fused-ring (bicyclic) bond motifs is 2. The van der Waals surface area contributed by atoms with Crippen molar-refractivity contribution in [1.82, 2.24) is 23.8 Å². The van der Waals surface area contributed by atoms with Crippen molar-refractivity contribution >= 4 is 67.4 Å². The number of halogens is 1. The molecule has 0 spiro atoms. The molecule has 0 saturated heterocycles. The van der Waals surface area contributed by atoms with E-state index >= 15 is 0 Å². The molecule has 0 amide bonds. The molecule has 0 unspecified atom stereocenters. The maximum absolute atomic E-state index is 14.0. The number of hydrogen-bond donors (Lipinski definition) is 1. The average Bonchev–Trinajstić information content (AvgIpc) is 3.64. The highest BCUT2D eigenvalue weighted by Gasteiger charge is 2.27. The first-order valence-electron chi connectivity index (χ1n) is 15.8. The van der Waals surface area contributed by atoms with Gasteiger partial charge in [-0.05, 0) is 105 Å². The normalized spacial score (nSPS) is 17.2. The molecule has 0 atom stereocenters. The van der Waals surface area contributed by atoms with E-state index in [0.717, 1.165) is 42.0 Å². The number of nitrogens with zero attached hydrogens (tertiary/aromatic N) is 5. The van der Waals surface area contributed by atoms with Gasteiger partial charge < -0.3 is 4.74 Å². The molecule has 0 aliphatic heterocycles. The number of rotatable bonds is 9. The summed E-state index contributed by atoms with van der Waals surface area (Å²) in [4.78, 5) is 36.7. The standard InChI is InChI=1S/C35H38ClN6O5S/c1-22-29(30-17-27(47-4)13-14-31(30)42(22)35(44)25-9-11-26(36)12-10-25)18-32(43)41-16-15-28-33(38-21-39-34(28)41)40(3)19-23-5-7-24(8-6-23)20-48(45,46)37-2/h9-17,19,21,23-24,37H,5-8,18,20H2,1-4H3/q+1/b40-19-. The van der Waals surface area contributed by atoms with E-state index < -0.39 is 10.0 Å². The molecule has 250 valence electrons. The highest BCUT2D eigenvalue weighted by molar-refractivity contribution is 7.89. The Balaban J connectivity index is 1.28. The number of carbonyl (C=O) groups is 2. The zero-order valence-electron chi connectivity index (χ0n) is 27.3. The largest absolute Gasteiger partial charge is 0.497 e. The summed E-state index contributed by atoms with van der Waals surface area (Å²) in [6.45, 7) is 1.84. The summed E-state index contributed by atoms with van der Waals surface area (Å²) in [6, 6.07) is 14.0. The molecule has 13 heteroatoms. The fourth-order valence-electron chi connectivity index (χ4n) is 6.74. The fraction of sp³-hybridized carbons (Fsp3) is 0.343. The van der Waals surface area contributed by atoms with Crippen LogP contribution in [0.4, 0.5) is 5.82 Å². The van der Waals surface area contributed by atoms with Crippen molar-refractivity contribution in [2.75, 3.05) is 27.0 Å². The number of hydrogen-bond acceptors (Lipinski definition) is 7. The summed E-state index contributed by atoms with van der Waals surface area (Å²) in [5, 5.41) is 2.02. The van der Waals surface area contributed by atoms with Crippen LogP contribution < -0.4 is 9.46 Å². The molecule has 1 N–H and O–H groups in total. The lowest BCUT2D eigenvalue weighted by Crippen LogP contribution is -2.29. The Kier molecular flexibility index (Phi) is 9.50. The molecular formula is C35H38ClN6O5S+. The molecular weight excluding hydrogens is 652 g/mol. The zero-order chi connectivity index (χ0) is 34.2. The Labute approximate surface area is 284 Å². The molecule has 3 aromatic heterocycles. The van der Waals surface area contributed by atoms with Gasteiger partial charge in [0.25, 0.3) is 5.91 Å². The first kappa shape index (κ1) is 33.5. The average molecular weight is 690 g/mol. The van der Waals surface area contributed by atoms with Crippen molar-refractivity contribution in [2.24, 2.45) is 11.8 Å². The van der Waals surface area contributed by atoms with Gasteiger partial charge in [0, 0.05) is 33.8 Å². The van der Waals surface area contributed by atoms with Crippen LogP contribution in [0.25, 0.3) is 21.9 Å². The van der Waals surface area contributed by atoms with E-state index in [1.165, 1.54) is 17.9 Å². The van der Waals surface area contributed by atoms with Crippen molar-refractivity contribution in [3.05, 3.63) is 82.9 Å². The summed E-state index contributed by atoms with van der Waals surface area (Å²) >= 11 is 6.07. The number of ether oxygens (including phenoxy) is 1. The van der Waals surface area contributed by atoms with Crippen LogP contribution in [-0.2, 0) is 16.4 Å². The van der Waals surface area contributed by atoms with Gasteiger partial charge >= 0.3 is 5.82 Å². The topological polar surface area (TPSA) is 128 Å². The maximum atomic E-state index is 14.0. The highest BCUT2D eigenvalue weighted by atomic mass is 35.5. The predicted octanol–water partition coefficient (Wildman–Crippen LogP) is 5.63. The second kappa shape index (κ2) is 13.6. The first-order valence-corrected chi connectivity index (χ1v) is 17.8. The van der Waals surface area contributed by atoms with Gasteiger partial charge in [-0.2, -0.15) is 4.98 Å². The molecule has 1 aliphatic rings. The van der Waals surface area contributed by atoms with Crippen LogP contribution in [0.5, 0.6) is 5.75 Å². The first-order chi connectivity index (χ1) is 23.0. The number of sulfonamides is 1. The van der Waals surface area contributed by atoms with E-state index in [9.17, 15) is 18.0 Å². The van der Waals surface area contributed by atoms with E-state index in [1.807, 2.05) is 36.7 Å². The minimum absolute atomic E-state index is 0.0218. The fourth-order valence-corrected chi connectivity index (χ4v) is 7.98. The molecule has 0 bridgehead atoms. The molecule has 3 heterocycles. The second-order valence-electron chi connectivity index (χ2n) is 12.3. The van der Waals surface area contributed by atoms with Crippen LogP contribution in [0.2, 0.25) is 5.02 Å². The third kappa shape index (κ3) is 6.65. The van der Waals surface area contributed by atoms with E-state index in [-0.39, 0.29) is 35.8 Å². The van der Waals surface area contributed by atoms with E-state index in [1.54, 1.807) is 48.2 Å². The molecule has 1 saturated carbocycles. The van der Waals surface area contributed by atoms with E-state index in [2.05, 4.69) is 20.9 Å². The SMILES string of the molecule is CNS(=O)(=O)CC1CCC(/C=[N+](/C)c2ncnc3c2ccn3C(=O)Cc2c(C)n(C(=O)c3ccc(Cl)cc3)c3ccc(OC)cc23)CC1. The quantitative estimate of drug-likeness (QED) is 0.157. The number of nitrogens with one attached hydrogen (secondary N) is 1. The summed E-state index contributed by atoms with van der Waals surface area (Å²) in [5.41, 5.74) is 3.02. The Morgan fingerprint density at radius 2 is 1.79 bits per heavy atom. The van der Waals surface area contributed by atoms with Gasteiger partial charge in [0.05, 0.1) is 38.1 Å². The van der Waals surface area contributed by atoms with Crippen molar-refractivity contribution in [2.45, 2.75) is 39.0 Å². The Bertz CT molecular complexity index is 2160. The molecule has 0 radical (unpaired) electrons. The van der Waals surface area contributed by atoms with Gasteiger partial charge in [-0.3, -0.25) is 18.7 Å². The molecule has 48 heavy (non-hydrogen) atoms. The number of methoxy groups -OCH3 is 1. The van der Waals surface area contributed by atoms with Gasteiger partial charge in [-0.15, -0.1) is 0 Å². The third-order valence-corrected chi connectivity index (χ3v) is 11.1. The van der Waals surface area contributed by atoms with Crippen LogP contribution in [0, 0.1) is 18.8 Å². The molecule has 1 aliphatic carbocycles. The number of benzene rings is 2. The molecule has 5 aromatic rings. The van der Waals surface area contributed by atoms with Crippen LogP contribution in [0.1, 0.15) is 52.1 Å². The zero-order valence-corrected chi connectivity index (χ0v) is 28.9. The minimum Gasteiger partial charge on any atom is -0.497 e. The summed E-state index contributed by atoms with van der Waals surface area (Å²) in [7, 11) is 1.74. The molecule has 11 nitrogen and oxygen atoms in total. The number of carbonyl (C=O) groups excluding carboxylic acids is 2. The summed E-state index contributed by atoms with van der Waals surface area (Å²) in [5.74, 6) is 1.46. The summed E-state index contributed by atoms with van der Waals surface area (Å²) in [6.07, 6.45) is 8.78. The number of aromatic nitrogens is 4. The van der Waals surface area contributed by atoms with Crippen molar-refractivity contribution in [1.29, 1.82) is 0 Å². The van der Waals surface area contributed by atoms with Gasteiger partial charge in [-0.1, -0.05) is 11.6 Å². The lowest BCUT2D eigenvalue weighted by Gasteiger charge is -2.25. The monoisotopic (exact) mass is 689 g/mol. The van der Waals surface area contributed by atoms with E-state index in [0.29, 0.717) is 39.0 Å². The van der Waals surface area contributed by atoms with Gasteiger partial charge in [0.15, 0.2) is 5.65 Å². The van der Waals surface area contributed by atoms with Crippen molar-refractivity contribution in [3.63, 3.8) is 0 Å². The van der Waals surface area contributed by atoms with Crippen LogP contribution in [-0.4, -0.2) is 77.1 Å². The van der Waals surface area contributed by atoms with Crippen molar-refractivity contribution in [3.8, 4) is 5.75 Å². The molecule has 6 rings (SSSR count). The lowest BCUT2D eigenvalue weighted by atomic mass is 9.83. The Morgan fingerprint density at radius 3 is 2.48 bits per heavy atom. The van der Waals surface area contributed by atoms with Crippen LogP contribution in [0.3, 0.4) is 0 Å². The summed E-state index contributed by atoms with van der Waals surface area (Å²) < 4.78 is 37.0. The molecule has 2 aromatic carbocycles. The lowest BCUT2D eigenvalue weighted by molar-refractivity contribution is -0.405. The highest BCUT2D eigenvalue weighted by Crippen LogP contribution is 2.33. The second-order valence-corrected chi connectivity index (χ2v) is 14.7. The van der Waals surface area contributed by atoms with Gasteiger partial charge in [-0.25, -0.2) is 17.7 Å². The maximum Gasteiger partial charge on any atom is 0.335 e.